The number of rotatable bonds is 4. The van der Waals surface area contributed by atoms with Crippen LogP contribution in [0, 0.1) is 19.7 Å². The van der Waals surface area contributed by atoms with E-state index in [-0.39, 0.29) is 11.9 Å². The molecule has 2 aromatic rings. The lowest BCUT2D eigenvalue weighted by molar-refractivity contribution is 0.550. The third-order valence-electron chi connectivity index (χ3n) is 3.49. The lowest BCUT2D eigenvalue weighted by atomic mass is 9.96. The molecular formula is C16H19FN2. The predicted octanol–water partition coefficient (Wildman–Crippen LogP) is 3.19. The van der Waals surface area contributed by atoms with E-state index in [1.54, 1.807) is 12.1 Å². The number of hydrogen-bond donors (Lipinski definition) is 2. The maximum Gasteiger partial charge on any atom is 0.123 e. The number of nitrogens with one attached hydrogen (secondary N) is 1. The van der Waals surface area contributed by atoms with Crippen LogP contribution in [0.1, 0.15) is 28.3 Å². The zero-order valence-corrected chi connectivity index (χ0v) is 11.3. The number of hydrazine groups is 1. The molecule has 2 aromatic carbocycles. The van der Waals surface area contributed by atoms with Crippen LogP contribution in [0.25, 0.3) is 0 Å². The van der Waals surface area contributed by atoms with Gasteiger partial charge in [-0.1, -0.05) is 30.3 Å². The summed E-state index contributed by atoms with van der Waals surface area (Å²) in [6.45, 7) is 4.17. The highest BCUT2D eigenvalue weighted by Gasteiger charge is 2.11. The number of aryl methyl sites for hydroxylation is 2. The first-order chi connectivity index (χ1) is 9.10. The fourth-order valence-electron chi connectivity index (χ4n) is 2.11. The Morgan fingerprint density at radius 2 is 1.74 bits per heavy atom. The highest BCUT2D eigenvalue weighted by molar-refractivity contribution is 5.32. The van der Waals surface area contributed by atoms with Gasteiger partial charge in [-0.3, -0.25) is 11.3 Å². The van der Waals surface area contributed by atoms with Crippen molar-refractivity contribution in [1.29, 1.82) is 0 Å². The quantitative estimate of drug-likeness (QED) is 0.653. The normalized spacial score (nSPS) is 12.4. The van der Waals surface area contributed by atoms with E-state index in [4.69, 9.17) is 5.84 Å². The van der Waals surface area contributed by atoms with Crippen LogP contribution in [-0.4, -0.2) is 0 Å². The molecule has 0 heterocycles. The van der Waals surface area contributed by atoms with E-state index in [0.29, 0.717) is 0 Å². The van der Waals surface area contributed by atoms with Crippen LogP contribution in [-0.2, 0) is 6.42 Å². The first kappa shape index (κ1) is 13.7. The smallest absolute Gasteiger partial charge is 0.123 e. The SMILES string of the molecule is Cc1ccc(C(Cc2ccc(F)cc2)NN)cc1C. The summed E-state index contributed by atoms with van der Waals surface area (Å²) in [5.41, 5.74) is 7.55. The van der Waals surface area contributed by atoms with Gasteiger partial charge in [0.05, 0.1) is 0 Å². The Labute approximate surface area is 113 Å². The van der Waals surface area contributed by atoms with E-state index in [1.807, 2.05) is 0 Å². The molecule has 0 aliphatic carbocycles. The second-order valence-electron chi connectivity index (χ2n) is 4.89. The Bertz CT molecular complexity index is 549. The van der Waals surface area contributed by atoms with Crippen molar-refractivity contribution in [3.8, 4) is 0 Å². The Kier molecular flexibility index (Phi) is 4.30. The van der Waals surface area contributed by atoms with Crippen molar-refractivity contribution in [2.75, 3.05) is 0 Å². The molecule has 3 N–H and O–H groups in total. The van der Waals surface area contributed by atoms with Gasteiger partial charge in [0.15, 0.2) is 0 Å². The van der Waals surface area contributed by atoms with Gasteiger partial charge in [0.25, 0.3) is 0 Å². The number of halogens is 1. The zero-order chi connectivity index (χ0) is 13.8. The second-order valence-corrected chi connectivity index (χ2v) is 4.89. The van der Waals surface area contributed by atoms with Crippen molar-refractivity contribution < 1.29 is 4.39 Å². The van der Waals surface area contributed by atoms with E-state index in [0.717, 1.165) is 17.5 Å². The number of nitrogens with two attached hydrogens (primary N) is 1. The third kappa shape index (κ3) is 3.40. The molecule has 0 spiro atoms. The zero-order valence-electron chi connectivity index (χ0n) is 11.3. The van der Waals surface area contributed by atoms with Gasteiger partial charge in [0.1, 0.15) is 5.82 Å². The van der Waals surface area contributed by atoms with Crippen molar-refractivity contribution in [3.63, 3.8) is 0 Å². The fraction of sp³-hybridized carbons (Fsp3) is 0.250. The maximum absolute atomic E-state index is 12.9. The summed E-state index contributed by atoms with van der Waals surface area (Å²) in [5.74, 6) is 5.43. The van der Waals surface area contributed by atoms with E-state index in [9.17, 15) is 4.39 Å². The Hall–Kier alpha value is -1.71. The fourth-order valence-corrected chi connectivity index (χ4v) is 2.11. The van der Waals surface area contributed by atoms with Crippen LogP contribution in [0.15, 0.2) is 42.5 Å². The third-order valence-corrected chi connectivity index (χ3v) is 3.49. The van der Waals surface area contributed by atoms with Crippen molar-refractivity contribution in [2.45, 2.75) is 26.3 Å². The first-order valence-electron chi connectivity index (χ1n) is 6.38. The summed E-state index contributed by atoms with van der Waals surface area (Å²) in [7, 11) is 0. The molecule has 0 radical (unpaired) electrons. The Morgan fingerprint density at radius 3 is 2.32 bits per heavy atom. The van der Waals surface area contributed by atoms with Gasteiger partial charge in [-0.15, -0.1) is 0 Å². The van der Waals surface area contributed by atoms with Crippen LogP contribution in [0.3, 0.4) is 0 Å². The molecule has 2 nitrogen and oxygen atoms in total. The molecule has 1 atom stereocenters. The van der Waals surface area contributed by atoms with Crippen LogP contribution < -0.4 is 11.3 Å². The van der Waals surface area contributed by atoms with Gasteiger partial charge in [0.2, 0.25) is 0 Å². The minimum Gasteiger partial charge on any atom is -0.271 e. The summed E-state index contributed by atoms with van der Waals surface area (Å²) in [5, 5.41) is 0. The molecule has 2 rings (SSSR count). The minimum atomic E-state index is -0.216. The van der Waals surface area contributed by atoms with Crippen LogP contribution in [0.2, 0.25) is 0 Å². The summed E-state index contributed by atoms with van der Waals surface area (Å²) < 4.78 is 12.9. The lowest BCUT2D eigenvalue weighted by Gasteiger charge is -2.17. The van der Waals surface area contributed by atoms with Crippen LogP contribution in [0.4, 0.5) is 4.39 Å². The van der Waals surface area contributed by atoms with Gasteiger partial charge in [-0.05, 0) is 54.7 Å². The summed E-state index contributed by atoms with van der Waals surface area (Å²) in [6, 6.07) is 12.9. The van der Waals surface area contributed by atoms with E-state index in [2.05, 4.69) is 37.5 Å². The number of hydrogen-bond acceptors (Lipinski definition) is 2. The van der Waals surface area contributed by atoms with Gasteiger partial charge >= 0.3 is 0 Å². The number of benzene rings is 2. The highest BCUT2D eigenvalue weighted by Crippen LogP contribution is 2.20. The average molecular weight is 258 g/mol. The Balaban J connectivity index is 2.19. The molecule has 0 saturated carbocycles. The highest BCUT2D eigenvalue weighted by atomic mass is 19.1. The lowest BCUT2D eigenvalue weighted by Crippen LogP contribution is -2.29. The van der Waals surface area contributed by atoms with Crippen LogP contribution in [0.5, 0.6) is 0 Å². The Morgan fingerprint density at radius 1 is 1.05 bits per heavy atom. The van der Waals surface area contributed by atoms with Crippen LogP contribution >= 0.6 is 0 Å². The average Bonchev–Trinajstić information content (AvgIpc) is 2.41. The summed E-state index contributed by atoms with van der Waals surface area (Å²) in [6.07, 6.45) is 0.735. The molecule has 0 aliphatic rings. The first-order valence-corrected chi connectivity index (χ1v) is 6.38. The second kappa shape index (κ2) is 5.95. The molecule has 0 fully saturated rings. The van der Waals surface area contributed by atoms with Crippen molar-refractivity contribution in [2.24, 2.45) is 5.84 Å². The van der Waals surface area contributed by atoms with Gasteiger partial charge < -0.3 is 0 Å². The molecular weight excluding hydrogens is 239 g/mol. The standard InChI is InChI=1S/C16H19FN2/c1-11-3-6-14(9-12(11)2)16(19-18)10-13-4-7-15(17)8-5-13/h3-9,16,19H,10,18H2,1-2H3. The molecule has 0 aliphatic heterocycles. The molecule has 1 unspecified atom stereocenters. The topological polar surface area (TPSA) is 38.0 Å². The van der Waals surface area contributed by atoms with Crippen molar-refractivity contribution >= 4 is 0 Å². The molecule has 0 saturated heterocycles. The molecule has 0 amide bonds. The van der Waals surface area contributed by atoms with E-state index < -0.39 is 0 Å². The van der Waals surface area contributed by atoms with Gasteiger partial charge in [-0.2, -0.15) is 0 Å². The molecule has 3 heteroatoms. The minimum absolute atomic E-state index is 0.0322. The van der Waals surface area contributed by atoms with Crippen molar-refractivity contribution in [1.82, 2.24) is 5.43 Å². The molecule has 100 valence electrons. The van der Waals surface area contributed by atoms with E-state index >= 15 is 0 Å². The van der Waals surface area contributed by atoms with Gasteiger partial charge in [0, 0.05) is 6.04 Å². The predicted molar refractivity (Wildman–Crippen MR) is 76.1 cm³/mol. The van der Waals surface area contributed by atoms with Crippen molar-refractivity contribution in [3.05, 3.63) is 70.5 Å². The van der Waals surface area contributed by atoms with Gasteiger partial charge in [-0.25, -0.2) is 4.39 Å². The van der Waals surface area contributed by atoms with E-state index in [1.165, 1.54) is 23.3 Å². The molecule has 19 heavy (non-hydrogen) atoms. The summed E-state index contributed by atoms with van der Waals surface area (Å²) >= 11 is 0. The monoisotopic (exact) mass is 258 g/mol. The maximum atomic E-state index is 12.9. The molecule has 0 bridgehead atoms. The summed E-state index contributed by atoms with van der Waals surface area (Å²) in [4.78, 5) is 0. The molecule has 0 aromatic heterocycles. The largest absolute Gasteiger partial charge is 0.271 e.